The average Bonchev–Trinajstić information content (AvgIpc) is 2.71. The molecule has 5 rings (SSSR count). The lowest BCUT2D eigenvalue weighted by molar-refractivity contribution is -0.128. The summed E-state index contributed by atoms with van der Waals surface area (Å²) in [7, 11) is 0. The molecule has 23 heavy (non-hydrogen) atoms. The van der Waals surface area contributed by atoms with Crippen LogP contribution in [-0.2, 0) is 11.2 Å². The van der Waals surface area contributed by atoms with Crippen molar-refractivity contribution in [3.8, 4) is 5.75 Å². The minimum absolute atomic E-state index is 0.0440. The molecule has 1 aromatic carbocycles. The molecular weight excluding hydrogens is 288 g/mol. The Hall–Kier alpha value is -1.61. The number of hydrogen-bond acceptors (Lipinski definition) is 3. The minimum atomic E-state index is -0.766. The number of aryl methyl sites for hydroxylation is 1. The van der Waals surface area contributed by atoms with Crippen LogP contribution in [0.15, 0.2) is 6.07 Å². The second kappa shape index (κ2) is 4.27. The van der Waals surface area contributed by atoms with E-state index < -0.39 is 6.10 Å². The first-order valence-corrected chi connectivity index (χ1v) is 8.78. The summed E-state index contributed by atoms with van der Waals surface area (Å²) < 4.78 is 0. The van der Waals surface area contributed by atoms with E-state index in [0.29, 0.717) is 29.9 Å². The SMILES string of the molecule is C[C@]12CC[C@@H]3c4c(cc(O)c5c4C=C5)CC[C@H]3[C@@H]1CC(=O)[C@H]2O. The van der Waals surface area contributed by atoms with Gasteiger partial charge in [-0.2, -0.15) is 0 Å². The standard InChI is InChI=1S/C20H22O3/c1-20-7-6-14-11(15(20)9-17(22)19(20)23)3-2-10-8-16(21)12-4-5-13(12)18(10)14/h4-5,8,11,14-15,19,21,23H,2-3,6-7,9H2,1H3/t11-,14+,15+,19-,20+/m1/s1. The number of Topliss-reactive ketones (excluding diaryl/α,β-unsaturated/α-hetero) is 1. The van der Waals surface area contributed by atoms with Gasteiger partial charge in [0, 0.05) is 17.4 Å². The van der Waals surface area contributed by atoms with Crippen molar-refractivity contribution in [2.24, 2.45) is 17.3 Å². The predicted molar refractivity (Wildman–Crippen MR) is 88.0 cm³/mol. The maximum absolute atomic E-state index is 12.1. The second-order valence-electron chi connectivity index (χ2n) is 8.16. The Kier molecular flexibility index (Phi) is 2.56. The summed E-state index contributed by atoms with van der Waals surface area (Å²) >= 11 is 0. The predicted octanol–water partition coefficient (Wildman–Crippen LogP) is 3.27. The highest BCUT2D eigenvalue weighted by Crippen LogP contribution is 2.61. The fourth-order valence-electron chi connectivity index (χ4n) is 5.99. The fourth-order valence-corrected chi connectivity index (χ4v) is 5.99. The molecule has 0 unspecified atom stereocenters. The molecule has 2 fully saturated rings. The normalized spacial score (nSPS) is 40.0. The number of carbonyl (C=O) groups is 1. The van der Waals surface area contributed by atoms with Gasteiger partial charge < -0.3 is 10.2 Å². The number of rotatable bonds is 0. The smallest absolute Gasteiger partial charge is 0.162 e. The van der Waals surface area contributed by atoms with Gasteiger partial charge in [0.15, 0.2) is 5.78 Å². The third-order valence-corrected chi connectivity index (χ3v) is 7.27. The zero-order valence-electron chi connectivity index (χ0n) is 13.4. The Morgan fingerprint density at radius 2 is 2.00 bits per heavy atom. The van der Waals surface area contributed by atoms with E-state index in [2.05, 4.69) is 13.0 Å². The first-order valence-electron chi connectivity index (χ1n) is 8.78. The molecule has 120 valence electrons. The fraction of sp³-hybridized carbons (Fsp3) is 0.550. The maximum Gasteiger partial charge on any atom is 0.162 e. The van der Waals surface area contributed by atoms with Crippen molar-refractivity contribution in [2.75, 3.05) is 0 Å². The van der Waals surface area contributed by atoms with Crippen LogP contribution in [0, 0.1) is 17.3 Å². The second-order valence-corrected chi connectivity index (χ2v) is 8.16. The molecule has 0 bridgehead atoms. The van der Waals surface area contributed by atoms with E-state index in [1.54, 1.807) is 0 Å². The third kappa shape index (κ3) is 1.56. The largest absolute Gasteiger partial charge is 0.507 e. The number of carbonyl (C=O) groups excluding carboxylic acids is 1. The van der Waals surface area contributed by atoms with E-state index >= 15 is 0 Å². The van der Waals surface area contributed by atoms with Crippen LogP contribution in [0.1, 0.15) is 60.8 Å². The Morgan fingerprint density at radius 1 is 1.22 bits per heavy atom. The first-order chi connectivity index (χ1) is 11.0. The topological polar surface area (TPSA) is 57.5 Å². The lowest BCUT2D eigenvalue weighted by atomic mass is 9.54. The number of benzene rings is 1. The summed E-state index contributed by atoms with van der Waals surface area (Å²) in [6.07, 6.45) is 7.90. The summed E-state index contributed by atoms with van der Waals surface area (Å²) in [5.74, 6) is 1.74. The summed E-state index contributed by atoms with van der Waals surface area (Å²) in [5, 5.41) is 20.5. The molecule has 1 aromatic rings. The van der Waals surface area contributed by atoms with E-state index in [4.69, 9.17) is 0 Å². The number of aliphatic hydroxyl groups is 1. The molecule has 0 aliphatic heterocycles. The highest BCUT2D eigenvalue weighted by molar-refractivity contribution is 5.91. The highest BCUT2D eigenvalue weighted by atomic mass is 16.3. The molecule has 4 aliphatic carbocycles. The zero-order valence-corrected chi connectivity index (χ0v) is 13.4. The van der Waals surface area contributed by atoms with Gasteiger partial charge in [-0.15, -0.1) is 0 Å². The molecule has 0 spiro atoms. The Balaban J connectivity index is 1.60. The molecule has 0 amide bonds. The quantitative estimate of drug-likeness (QED) is 0.785. The number of phenols is 1. The van der Waals surface area contributed by atoms with Gasteiger partial charge in [-0.3, -0.25) is 4.79 Å². The van der Waals surface area contributed by atoms with Gasteiger partial charge in [0.2, 0.25) is 0 Å². The van der Waals surface area contributed by atoms with Crippen LogP contribution in [0.2, 0.25) is 0 Å². The molecule has 0 radical (unpaired) electrons. The lowest BCUT2D eigenvalue weighted by Gasteiger charge is -2.50. The van der Waals surface area contributed by atoms with Gasteiger partial charge in [0.1, 0.15) is 11.9 Å². The zero-order chi connectivity index (χ0) is 15.9. The Bertz CT molecular complexity index is 763. The van der Waals surface area contributed by atoms with Crippen molar-refractivity contribution in [3.05, 3.63) is 28.3 Å². The summed E-state index contributed by atoms with van der Waals surface area (Å²) in [6.45, 7) is 2.12. The van der Waals surface area contributed by atoms with Gasteiger partial charge in [-0.25, -0.2) is 0 Å². The Labute approximate surface area is 136 Å². The number of ketones is 1. The molecule has 5 atom stereocenters. The molecule has 3 nitrogen and oxygen atoms in total. The van der Waals surface area contributed by atoms with Crippen molar-refractivity contribution >= 4 is 17.9 Å². The summed E-state index contributed by atoms with van der Waals surface area (Å²) in [6, 6.07) is 1.95. The third-order valence-electron chi connectivity index (χ3n) is 7.27. The molecule has 2 N–H and O–H groups in total. The maximum atomic E-state index is 12.1. The molecular formula is C20H22O3. The van der Waals surface area contributed by atoms with Crippen LogP contribution >= 0.6 is 0 Å². The van der Waals surface area contributed by atoms with Gasteiger partial charge >= 0.3 is 0 Å². The van der Waals surface area contributed by atoms with Crippen LogP contribution in [0.5, 0.6) is 5.75 Å². The van der Waals surface area contributed by atoms with Gasteiger partial charge in [0.25, 0.3) is 0 Å². The summed E-state index contributed by atoms with van der Waals surface area (Å²) in [4.78, 5) is 12.1. The van der Waals surface area contributed by atoms with E-state index in [-0.39, 0.29) is 11.2 Å². The number of aliphatic hydroxyl groups excluding tert-OH is 1. The molecule has 0 saturated heterocycles. The number of phenolic OH excluding ortho intramolecular Hbond substituents is 1. The molecule has 3 heteroatoms. The van der Waals surface area contributed by atoms with Crippen molar-refractivity contribution in [3.63, 3.8) is 0 Å². The van der Waals surface area contributed by atoms with Crippen LogP contribution in [0.3, 0.4) is 0 Å². The van der Waals surface area contributed by atoms with Crippen LogP contribution in [0.25, 0.3) is 12.2 Å². The molecule has 0 heterocycles. The highest BCUT2D eigenvalue weighted by Gasteiger charge is 2.58. The molecule has 0 aromatic heterocycles. The number of aromatic hydroxyl groups is 1. The lowest BCUT2D eigenvalue weighted by Crippen LogP contribution is -2.44. The average molecular weight is 310 g/mol. The number of hydrogen-bond donors (Lipinski definition) is 2. The van der Waals surface area contributed by atoms with Gasteiger partial charge in [0.05, 0.1) is 0 Å². The monoisotopic (exact) mass is 310 g/mol. The van der Waals surface area contributed by atoms with Crippen LogP contribution < -0.4 is 0 Å². The van der Waals surface area contributed by atoms with Gasteiger partial charge in [-0.05, 0) is 66.2 Å². The van der Waals surface area contributed by atoms with Crippen molar-refractivity contribution in [1.82, 2.24) is 0 Å². The van der Waals surface area contributed by atoms with E-state index in [0.717, 1.165) is 31.2 Å². The first kappa shape index (κ1) is 13.8. The van der Waals surface area contributed by atoms with Crippen molar-refractivity contribution in [2.45, 2.75) is 51.0 Å². The van der Waals surface area contributed by atoms with Crippen LogP contribution in [-0.4, -0.2) is 22.1 Å². The van der Waals surface area contributed by atoms with E-state index in [1.165, 1.54) is 16.7 Å². The van der Waals surface area contributed by atoms with Gasteiger partial charge in [-0.1, -0.05) is 19.1 Å². The van der Waals surface area contributed by atoms with Crippen molar-refractivity contribution in [1.29, 1.82) is 0 Å². The summed E-state index contributed by atoms with van der Waals surface area (Å²) in [5.41, 5.74) is 4.70. The molecule has 2 saturated carbocycles. The van der Waals surface area contributed by atoms with E-state index in [1.807, 2.05) is 12.1 Å². The minimum Gasteiger partial charge on any atom is -0.507 e. The van der Waals surface area contributed by atoms with Crippen LogP contribution in [0.4, 0.5) is 0 Å². The van der Waals surface area contributed by atoms with Crippen molar-refractivity contribution < 1.29 is 15.0 Å². The number of fused-ring (bicyclic) bond motifs is 7. The van der Waals surface area contributed by atoms with E-state index in [9.17, 15) is 15.0 Å². The molecule has 4 aliphatic rings. The Morgan fingerprint density at radius 3 is 2.74 bits per heavy atom.